The van der Waals surface area contributed by atoms with E-state index in [2.05, 4.69) is 16.1 Å². The molecule has 1 atom stereocenters. The molecule has 5 nitrogen and oxygen atoms in total. The number of hydrogen-bond acceptors (Lipinski definition) is 4. The lowest BCUT2D eigenvalue weighted by atomic mass is 9.99. The number of carbonyl (C=O) groups excluding carboxylic acids is 1. The molecule has 2 aliphatic rings. The Morgan fingerprint density at radius 1 is 1.41 bits per heavy atom. The van der Waals surface area contributed by atoms with Crippen LogP contribution in [0.3, 0.4) is 0 Å². The first-order valence-corrected chi connectivity index (χ1v) is 8.33. The van der Waals surface area contributed by atoms with Crippen LogP contribution < -0.4 is 0 Å². The minimum absolute atomic E-state index is 0.238. The molecule has 0 bridgehead atoms. The van der Waals surface area contributed by atoms with Crippen LogP contribution in [0.15, 0.2) is 10.2 Å². The largest absolute Gasteiger partial charge is 0.385 e. The number of likely N-dealkylation sites (tertiary alicyclic amines) is 1. The molecule has 0 radical (unpaired) electrons. The van der Waals surface area contributed by atoms with E-state index in [1.165, 1.54) is 12.8 Å². The molecule has 0 aromatic heterocycles. The van der Waals surface area contributed by atoms with Crippen LogP contribution in [0.1, 0.15) is 51.4 Å². The van der Waals surface area contributed by atoms with Gasteiger partial charge in [0.25, 0.3) is 0 Å². The van der Waals surface area contributed by atoms with E-state index in [1.54, 1.807) is 7.11 Å². The fourth-order valence-electron chi connectivity index (χ4n) is 3.11. The van der Waals surface area contributed by atoms with Crippen LogP contribution in [0, 0.1) is 18.3 Å². The van der Waals surface area contributed by atoms with E-state index in [9.17, 15) is 4.79 Å². The van der Waals surface area contributed by atoms with Crippen molar-refractivity contribution in [3.8, 4) is 12.3 Å². The molecule has 22 heavy (non-hydrogen) atoms. The number of methoxy groups -OCH3 is 1. The minimum Gasteiger partial charge on any atom is -0.385 e. The molecule has 0 N–H and O–H groups in total. The van der Waals surface area contributed by atoms with Crippen molar-refractivity contribution in [1.82, 2.24) is 4.90 Å². The zero-order chi connectivity index (χ0) is 15.8. The van der Waals surface area contributed by atoms with E-state index in [-0.39, 0.29) is 11.6 Å². The molecule has 1 fully saturated rings. The Hall–Kier alpha value is -1.41. The number of terminal acetylenes is 1. The summed E-state index contributed by atoms with van der Waals surface area (Å²) in [6, 6.07) is 0. The zero-order valence-electron chi connectivity index (χ0n) is 13.6. The van der Waals surface area contributed by atoms with Crippen molar-refractivity contribution in [2.75, 3.05) is 26.8 Å². The summed E-state index contributed by atoms with van der Waals surface area (Å²) in [5.74, 6) is 3.43. The molecule has 1 amide bonds. The Morgan fingerprint density at radius 3 is 2.91 bits per heavy atom. The Kier molecular flexibility index (Phi) is 6.38. The maximum absolute atomic E-state index is 12.5. The fraction of sp³-hybridized carbons (Fsp3) is 0.824. The van der Waals surface area contributed by atoms with Crippen molar-refractivity contribution in [3.63, 3.8) is 0 Å². The molecule has 2 aliphatic heterocycles. The Bertz CT molecular complexity index is 436. The molecular formula is C17H27N3O2. The van der Waals surface area contributed by atoms with E-state index >= 15 is 0 Å². The van der Waals surface area contributed by atoms with Gasteiger partial charge in [-0.05, 0) is 25.2 Å². The highest BCUT2D eigenvalue weighted by Gasteiger charge is 2.39. The monoisotopic (exact) mass is 305 g/mol. The fourth-order valence-corrected chi connectivity index (χ4v) is 3.11. The Morgan fingerprint density at radius 2 is 2.23 bits per heavy atom. The van der Waals surface area contributed by atoms with Crippen molar-refractivity contribution in [1.29, 1.82) is 0 Å². The third-order valence-electron chi connectivity index (χ3n) is 4.64. The van der Waals surface area contributed by atoms with E-state index in [0.29, 0.717) is 25.2 Å². The molecule has 0 unspecified atom stereocenters. The minimum atomic E-state index is -0.344. The van der Waals surface area contributed by atoms with Crippen LogP contribution in [-0.4, -0.2) is 43.3 Å². The standard InChI is InChI=1S/C17H27N3O2/c1-3-4-10-17(18-19-17)11-8-16(21)20-12-6-5-7-15(14-20)9-13-22-2/h1,15H,4-14H2,2H3/t15-/m1/s1. The molecule has 5 heteroatoms. The second kappa shape index (κ2) is 8.28. The lowest BCUT2D eigenvalue weighted by molar-refractivity contribution is -0.132. The van der Waals surface area contributed by atoms with Crippen molar-refractivity contribution >= 4 is 5.91 Å². The van der Waals surface area contributed by atoms with Gasteiger partial charge in [-0.1, -0.05) is 6.42 Å². The SMILES string of the molecule is C#CCCC1(CCC(=O)N2CCCC[C@H](CCOC)C2)N=N1. The highest BCUT2D eigenvalue weighted by atomic mass is 16.5. The highest BCUT2D eigenvalue weighted by Crippen LogP contribution is 2.37. The number of nitrogens with zero attached hydrogens (tertiary/aromatic N) is 3. The Labute approximate surface area is 133 Å². The van der Waals surface area contributed by atoms with Gasteiger partial charge < -0.3 is 9.64 Å². The third kappa shape index (κ3) is 5.10. The topological polar surface area (TPSA) is 54.3 Å². The zero-order valence-corrected chi connectivity index (χ0v) is 13.6. The van der Waals surface area contributed by atoms with E-state index in [0.717, 1.165) is 39.0 Å². The summed E-state index contributed by atoms with van der Waals surface area (Å²) < 4.78 is 5.17. The van der Waals surface area contributed by atoms with Crippen molar-refractivity contribution in [2.45, 2.75) is 57.0 Å². The van der Waals surface area contributed by atoms with Crippen LogP contribution in [-0.2, 0) is 9.53 Å². The quantitative estimate of drug-likeness (QED) is 0.647. The second-order valence-electron chi connectivity index (χ2n) is 6.37. The van der Waals surface area contributed by atoms with E-state index < -0.39 is 0 Å². The lowest BCUT2D eigenvalue weighted by Crippen LogP contribution is -2.35. The summed E-state index contributed by atoms with van der Waals surface area (Å²) in [6.07, 6.45) is 12.5. The first-order valence-electron chi connectivity index (χ1n) is 8.33. The summed E-state index contributed by atoms with van der Waals surface area (Å²) in [5, 5.41) is 8.21. The molecule has 2 heterocycles. The first-order chi connectivity index (χ1) is 10.7. The smallest absolute Gasteiger partial charge is 0.222 e. The summed E-state index contributed by atoms with van der Waals surface area (Å²) in [7, 11) is 1.73. The molecule has 0 aliphatic carbocycles. The van der Waals surface area contributed by atoms with Gasteiger partial charge in [-0.2, -0.15) is 10.2 Å². The van der Waals surface area contributed by atoms with Gasteiger partial charge in [0.2, 0.25) is 5.91 Å². The average Bonchev–Trinajstić information content (AvgIpc) is 3.33. The summed E-state index contributed by atoms with van der Waals surface area (Å²) in [4.78, 5) is 14.5. The number of hydrogen-bond donors (Lipinski definition) is 0. The summed E-state index contributed by atoms with van der Waals surface area (Å²) in [6.45, 7) is 2.53. The van der Waals surface area contributed by atoms with E-state index in [4.69, 9.17) is 11.2 Å². The van der Waals surface area contributed by atoms with Crippen LogP contribution in [0.5, 0.6) is 0 Å². The van der Waals surface area contributed by atoms with Gasteiger partial charge in [0.15, 0.2) is 5.66 Å². The van der Waals surface area contributed by atoms with Gasteiger partial charge in [0.1, 0.15) is 0 Å². The maximum atomic E-state index is 12.5. The normalized spacial score (nSPS) is 22.9. The second-order valence-corrected chi connectivity index (χ2v) is 6.37. The molecule has 122 valence electrons. The van der Waals surface area contributed by atoms with Gasteiger partial charge in [0.05, 0.1) is 0 Å². The molecule has 0 saturated carbocycles. The van der Waals surface area contributed by atoms with Crippen LogP contribution in [0.4, 0.5) is 0 Å². The molecule has 0 aromatic rings. The van der Waals surface area contributed by atoms with Crippen LogP contribution in [0.2, 0.25) is 0 Å². The molecule has 1 saturated heterocycles. The number of rotatable bonds is 8. The summed E-state index contributed by atoms with van der Waals surface area (Å²) in [5.41, 5.74) is -0.344. The molecule has 2 rings (SSSR count). The van der Waals surface area contributed by atoms with Gasteiger partial charge in [-0.25, -0.2) is 0 Å². The predicted octanol–water partition coefficient (Wildman–Crippen LogP) is 3.01. The van der Waals surface area contributed by atoms with Crippen LogP contribution in [0.25, 0.3) is 0 Å². The number of ether oxygens (including phenoxy) is 1. The lowest BCUT2D eigenvalue weighted by Gasteiger charge is -2.25. The Balaban J connectivity index is 1.77. The maximum Gasteiger partial charge on any atom is 0.222 e. The molecule has 0 aromatic carbocycles. The van der Waals surface area contributed by atoms with Gasteiger partial charge >= 0.3 is 0 Å². The number of carbonyl (C=O) groups is 1. The van der Waals surface area contributed by atoms with Crippen molar-refractivity contribution in [2.24, 2.45) is 16.1 Å². The molecule has 0 spiro atoms. The van der Waals surface area contributed by atoms with Gasteiger partial charge in [0, 0.05) is 52.5 Å². The van der Waals surface area contributed by atoms with Crippen molar-refractivity contribution in [3.05, 3.63) is 0 Å². The van der Waals surface area contributed by atoms with Gasteiger partial charge in [-0.3, -0.25) is 4.79 Å². The predicted molar refractivity (Wildman–Crippen MR) is 85.3 cm³/mol. The first kappa shape index (κ1) is 17.0. The number of amides is 1. The third-order valence-corrected chi connectivity index (χ3v) is 4.64. The molecular weight excluding hydrogens is 278 g/mol. The summed E-state index contributed by atoms with van der Waals surface area (Å²) >= 11 is 0. The van der Waals surface area contributed by atoms with Gasteiger partial charge in [-0.15, -0.1) is 12.3 Å². The average molecular weight is 305 g/mol. The highest BCUT2D eigenvalue weighted by molar-refractivity contribution is 5.76. The van der Waals surface area contributed by atoms with Crippen molar-refractivity contribution < 1.29 is 9.53 Å². The van der Waals surface area contributed by atoms with Crippen LogP contribution >= 0.6 is 0 Å². The van der Waals surface area contributed by atoms with E-state index in [1.807, 2.05) is 4.90 Å².